The molecule has 2 N–H and O–H groups in total. The summed E-state index contributed by atoms with van der Waals surface area (Å²) in [7, 11) is 5.51. The molecular weight excluding hydrogens is 494 g/mol. The number of nitrogens with zero attached hydrogens (tertiary/aromatic N) is 4. The number of benzene rings is 2. The fourth-order valence-electron chi connectivity index (χ4n) is 5.39. The standard InChI is InChI=1S/C30H35N5O4/c1-5-39-27-16-19(29(37)33(2)20-11-13-21(36)14-12-20)10-15-23(27)32-28-17-25-26(18-31-28)35(4)30(38)22-8-6-7-9-24(22)34(25)3/h6-10,15-18,20-21,36H,5,11-14H2,1-4H3,(H,31,32)/t20-,21-. The third kappa shape index (κ3) is 5.14. The number of pyridine rings is 1. The molecular formula is C30H35N5O4. The van der Waals surface area contributed by atoms with Gasteiger partial charge in [-0.3, -0.25) is 9.59 Å². The van der Waals surface area contributed by atoms with Crippen molar-refractivity contribution >= 4 is 40.4 Å². The van der Waals surface area contributed by atoms with E-state index in [0.29, 0.717) is 53.5 Å². The number of hydrogen-bond donors (Lipinski definition) is 2. The molecule has 0 bridgehead atoms. The second-order valence-electron chi connectivity index (χ2n) is 10.1. The molecule has 0 unspecified atom stereocenters. The molecule has 2 aliphatic rings. The molecule has 0 spiro atoms. The van der Waals surface area contributed by atoms with Gasteiger partial charge in [-0.15, -0.1) is 0 Å². The minimum absolute atomic E-state index is 0.0694. The van der Waals surface area contributed by atoms with Gasteiger partial charge in [-0.05, 0) is 62.9 Å². The van der Waals surface area contributed by atoms with E-state index in [2.05, 4.69) is 10.3 Å². The van der Waals surface area contributed by atoms with E-state index in [1.165, 1.54) is 0 Å². The van der Waals surface area contributed by atoms with E-state index >= 15 is 0 Å². The molecule has 2 aromatic carbocycles. The van der Waals surface area contributed by atoms with Crippen LogP contribution in [0.25, 0.3) is 0 Å². The van der Waals surface area contributed by atoms with Crippen molar-refractivity contribution in [2.24, 2.45) is 0 Å². The quantitative estimate of drug-likeness (QED) is 0.466. The summed E-state index contributed by atoms with van der Waals surface area (Å²) in [6, 6.07) is 14.9. The van der Waals surface area contributed by atoms with Gasteiger partial charge in [0, 0.05) is 38.8 Å². The summed E-state index contributed by atoms with van der Waals surface area (Å²) in [6.45, 7) is 2.34. The zero-order valence-electron chi connectivity index (χ0n) is 22.8. The van der Waals surface area contributed by atoms with Crippen LogP contribution in [0.4, 0.5) is 28.6 Å². The molecule has 0 saturated heterocycles. The van der Waals surface area contributed by atoms with Crippen molar-refractivity contribution in [2.45, 2.75) is 44.8 Å². The number of fused-ring (bicyclic) bond motifs is 2. The fraction of sp³-hybridized carbons (Fsp3) is 0.367. The van der Waals surface area contributed by atoms with Gasteiger partial charge in [0.1, 0.15) is 11.6 Å². The first-order valence-corrected chi connectivity index (χ1v) is 13.4. The number of hydrogen-bond acceptors (Lipinski definition) is 7. The van der Waals surface area contributed by atoms with Gasteiger partial charge >= 0.3 is 0 Å². The topological polar surface area (TPSA) is 98.2 Å². The highest BCUT2D eigenvalue weighted by Crippen LogP contribution is 2.40. The van der Waals surface area contributed by atoms with Crippen LogP contribution in [0.5, 0.6) is 5.75 Å². The van der Waals surface area contributed by atoms with E-state index in [1.807, 2.05) is 62.3 Å². The van der Waals surface area contributed by atoms with E-state index in [9.17, 15) is 14.7 Å². The monoisotopic (exact) mass is 529 g/mol. The molecule has 2 amide bonds. The van der Waals surface area contributed by atoms with Crippen LogP contribution in [0.1, 0.15) is 53.3 Å². The van der Waals surface area contributed by atoms with Gasteiger partial charge in [0.25, 0.3) is 11.8 Å². The molecule has 1 aromatic heterocycles. The maximum absolute atomic E-state index is 13.3. The number of para-hydroxylation sites is 1. The average Bonchev–Trinajstić information content (AvgIpc) is 3.03. The highest BCUT2D eigenvalue weighted by atomic mass is 16.5. The van der Waals surface area contributed by atoms with Crippen LogP contribution in [0.15, 0.2) is 54.7 Å². The van der Waals surface area contributed by atoms with E-state index in [-0.39, 0.29) is 24.0 Å². The van der Waals surface area contributed by atoms with Gasteiger partial charge in [-0.2, -0.15) is 0 Å². The SMILES string of the molecule is CCOc1cc(C(=O)N(C)[C@H]2CC[C@H](O)CC2)ccc1Nc1cc2c(cn1)N(C)C(=O)c1ccccc1N2C. The van der Waals surface area contributed by atoms with Crippen LogP contribution < -0.4 is 19.9 Å². The largest absolute Gasteiger partial charge is 0.492 e. The van der Waals surface area contributed by atoms with Crippen LogP contribution in [0, 0.1) is 0 Å². The second kappa shape index (κ2) is 10.9. The Morgan fingerprint density at radius 1 is 1.05 bits per heavy atom. The Hall–Kier alpha value is -4.11. The lowest BCUT2D eigenvalue weighted by Crippen LogP contribution is -2.40. The van der Waals surface area contributed by atoms with Crippen molar-refractivity contribution < 1.29 is 19.4 Å². The molecule has 1 aliphatic heterocycles. The molecule has 1 aliphatic carbocycles. The lowest BCUT2D eigenvalue weighted by Gasteiger charge is -2.33. The van der Waals surface area contributed by atoms with E-state index in [1.54, 1.807) is 35.2 Å². The minimum Gasteiger partial charge on any atom is -0.492 e. The van der Waals surface area contributed by atoms with Gasteiger partial charge < -0.3 is 29.9 Å². The van der Waals surface area contributed by atoms with E-state index in [4.69, 9.17) is 4.74 Å². The summed E-state index contributed by atoms with van der Waals surface area (Å²) < 4.78 is 5.91. The summed E-state index contributed by atoms with van der Waals surface area (Å²) in [4.78, 5) is 36.3. The lowest BCUT2D eigenvalue weighted by atomic mass is 9.92. The average molecular weight is 530 g/mol. The predicted octanol–water partition coefficient (Wildman–Crippen LogP) is 4.96. The molecule has 1 fully saturated rings. The molecule has 204 valence electrons. The smallest absolute Gasteiger partial charge is 0.260 e. The highest BCUT2D eigenvalue weighted by molar-refractivity contribution is 6.13. The van der Waals surface area contributed by atoms with Gasteiger partial charge in [0.15, 0.2) is 0 Å². The molecule has 0 atom stereocenters. The normalized spacial score (nSPS) is 18.6. The van der Waals surface area contributed by atoms with Crippen molar-refractivity contribution in [1.29, 1.82) is 0 Å². The number of nitrogens with one attached hydrogen (secondary N) is 1. The van der Waals surface area contributed by atoms with E-state index < -0.39 is 0 Å². The predicted molar refractivity (Wildman–Crippen MR) is 153 cm³/mol. The van der Waals surface area contributed by atoms with Gasteiger partial charge in [0.05, 0.1) is 47.2 Å². The van der Waals surface area contributed by atoms with Crippen LogP contribution >= 0.6 is 0 Å². The number of carbonyl (C=O) groups is 2. The Morgan fingerprint density at radius 2 is 1.79 bits per heavy atom. The second-order valence-corrected chi connectivity index (χ2v) is 10.1. The lowest BCUT2D eigenvalue weighted by molar-refractivity contribution is 0.0569. The number of anilines is 5. The number of aromatic nitrogens is 1. The Balaban J connectivity index is 1.42. The van der Waals surface area contributed by atoms with Crippen LogP contribution in [-0.4, -0.2) is 66.7 Å². The van der Waals surface area contributed by atoms with Crippen molar-refractivity contribution in [2.75, 3.05) is 42.9 Å². The summed E-state index contributed by atoms with van der Waals surface area (Å²) >= 11 is 0. The van der Waals surface area contributed by atoms with Crippen LogP contribution in [0.3, 0.4) is 0 Å². The van der Waals surface area contributed by atoms with Gasteiger partial charge in [0.2, 0.25) is 0 Å². The molecule has 9 heteroatoms. The molecule has 2 heterocycles. The summed E-state index contributed by atoms with van der Waals surface area (Å²) in [5.41, 5.74) is 4.21. The first kappa shape index (κ1) is 26.5. The number of ether oxygens (including phenoxy) is 1. The number of rotatable bonds is 6. The summed E-state index contributed by atoms with van der Waals surface area (Å²) in [6.07, 6.45) is 4.45. The fourth-order valence-corrected chi connectivity index (χ4v) is 5.39. The third-order valence-corrected chi connectivity index (χ3v) is 7.71. The highest BCUT2D eigenvalue weighted by Gasteiger charge is 2.29. The summed E-state index contributed by atoms with van der Waals surface area (Å²) in [5, 5.41) is 13.2. The Morgan fingerprint density at radius 3 is 2.54 bits per heavy atom. The zero-order chi connectivity index (χ0) is 27.7. The molecule has 5 rings (SSSR count). The maximum Gasteiger partial charge on any atom is 0.260 e. The minimum atomic E-state index is -0.267. The van der Waals surface area contributed by atoms with Crippen molar-refractivity contribution in [3.63, 3.8) is 0 Å². The summed E-state index contributed by atoms with van der Waals surface area (Å²) in [5.74, 6) is 0.976. The van der Waals surface area contributed by atoms with Crippen molar-refractivity contribution in [1.82, 2.24) is 9.88 Å². The molecule has 9 nitrogen and oxygen atoms in total. The first-order valence-electron chi connectivity index (χ1n) is 13.4. The van der Waals surface area contributed by atoms with Crippen molar-refractivity contribution in [3.8, 4) is 5.75 Å². The van der Waals surface area contributed by atoms with Crippen LogP contribution in [-0.2, 0) is 0 Å². The van der Waals surface area contributed by atoms with Crippen molar-refractivity contribution in [3.05, 3.63) is 65.9 Å². The Labute approximate surface area is 229 Å². The Bertz CT molecular complexity index is 1390. The molecule has 3 aromatic rings. The third-order valence-electron chi connectivity index (χ3n) is 7.71. The first-order chi connectivity index (χ1) is 18.8. The molecule has 1 saturated carbocycles. The number of amides is 2. The van der Waals surface area contributed by atoms with Crippen LogP contribution in [0.2, 0.25) is 0 Å². The number of aliphatic hydroxyl groups excluding tert-OH is 1. The zero-order valence-corrected chi connectivity index (χ0v) is 22.8. The van der Waals surface area contributed by atoms with Gasteiger partial charge in [-0.25, -0.2) is 4.98 Å². The molecule has 0 radical (unpaired) electrons. The molecule has 39 heavy (non-hydrogen) atoms. The Kier molecular flexibility index (Phi) is 7.43. The maximum atomic E-state index is 13.3. The number of carbonyl (C=O) groups excluding carboxylic acids is 2. The van der Waals surface area contributed by atoms with Gasteiger partial charge in [-0.1, -0.05) is 12.1 Å². The van der Waals surface area contributed by atoms with E-state index in [0.717, 1.165) is 24.2 Å². The number of aliphatic hydroxyl groups is 1.